The zero-order valence-electron chi connectivity index (χ0n) is 19.0. The standard InChI is InChI=1S/C25H36N2O4/c1-26(16-17-27-14-6-4-3-5-7-15-27)23(28)19-10-12-25(13-11-19)22-9-8-20(30-2)18-21(22)24(29)31-25/h8-9,18-19H,3-7,10-17H2,1-2H3/t19-,25-. The van der Waals surface area contributed by atoms with E-state index in [0.29, 0.717) is 24.2 Å². The number of nitrogens with zero attached hydrogens (tertiary/aromatic N) is 2. The number of ether oxygens (including phenoxy) is 2. The number of benzene rings is 1. The van der Waals surface area contributed by atoms with Crippen molar-refractivity contribution in [2.45, 2.75) is 63.4 Å². The summed E-state index contributed by atoms with van der Waals surface area (Å²) >= 11 is 0. The number of carbonyl (C=O) groups is 2. The van der Waals surface area contributed by atoms with Crippen LogP contribution in [0, 0.1) is 5.92 Å². The minimum Gasteiger partial charge on any atom is -0.497 e. The van der Waals surface area contributed by atoms with Crippen molar-refractivity contribution < 1.29 is 19.1 Å². The van der Waals surface area contributed by atoms with E-state index in [2.05, 4.69) is 4.90 Å². The first-order valence-electron chi connectivity index (χ1n) is 11.9. The normalized spacial score (nSPS) is 26.6. The van der Waals surface area contributed by atoms with Crippen LogP contribution < -0.4 is 4.74 Å². The number of likely N-dealkylation sites (N-methyl/N-ethyl adjacent to an activating group) is 1. The van der Waals surface area contributed by atoms with Crippen molar-refractivity contribution in [2.24, 2.45) is 5.92 Å². The van der Waals surface area contributed by atoms with Gasteiger partial charge in [-0.15, -0.1) is 0 Å². The van der Waals surface area contributed by atoms with Crippen LogP contribution >= 0.6 is 0 Å². The molecule has 1 aromatic carbocycles. The maximum atomic E-state index is 13.1. The third-order valence-electron chi connectivity index (χ3n) is 7.44. The fourth-order valence-corrected chi connectivity index (χ4v) is 5.46. The molecule has 0 radical (unpaired) electrons. The Labute approximate surface area is 185 Å². The summed E-state index contributed by atoms with van der Waals surface area (Å²) in [5, 5.41) is 0. The SMILES string of the molecule is COc1ccc2c(c1)C(=O)O[C@]21CC[C@H](C(=O)N(C)CCN2CCCCCCC2)CC1. The number of fused-ring (bicyclic) bond motifs is 2. The Bertz CT molecular complexity index is 793. The fraction of sp³-hybridized carbons (Fsp3) is 0.680. The van der Waals surface area contributed by atoms with Crippen LogP contribution in [0.15, 0.2) is 18.2 Å². The van der Waals surface area contributed by atoms with Crippen LogP contribution in [0.2, 0.25) is 0 Å². The van der Waals surface area contributed by atoms with Gasteiger partial charge in [-0.05, 0) is 63.7 Å². The Morgan fingerprint density at radius 3 is 2.52 bits per heavy atom. The Balaban J connectivity index is 1.31. The first-order chi connectivity index (χ1) is 15.0. The van der Waals surface area contributed by atoms with Gasteiger partial charge in [0.15, 0.2) is 0 Å². The van der Waals surface area contributed by atoms with Crippen LogP contribution in [0.4, 0.5) is 0 Å². The molecule has 0 atom stereocenters. The van der Waals surface area contributed by atoms with E-state index >= 15 is 0 Å². The fourth-order valence-electron chi connectivity index (χ4n) is 5.46. The molecule has 3 aliphatic rings. The molecule has 1 saturated carbocycles. The van der Waals surface area contributed by atoms with Gasteiger partial charge < -0.3 is 19.3 Å². The zero-order chi connectivity index (χ0) is 21.8. The Hall–Kier alpha value is -2.08. The maximum Gasteiger partial charge on any atom is 0.339 e. The molecule has 2 heterocycles. The minimum absolute atomic E-state index is 0.0176. The van der Waals surface area contributed by atoms with Gasteiger partial charge in [0.2, 0.25) is 5.91 Å². The highest BCUT2D eigenvalue weighted by atomic mass is 16.6. The number of likely N-dealkylation sites (tertiary alicyclic amines) is 1. The summed E-state index contributed by atoms with van der Waals surface area (Å²) in [4.78, 5) is 30.0. The second-order valence-electron chi connectivity index (χ2n) is 9.44. The first kappa shape index (κ1) is 22.1. The van der Waals surface area contributed by atoms with Crippen LogP contribution in [-0.2, 0) is 15.1 Å². The second-order valence-corrected chi connectivity index (χ2v) is 9.44. The van der Waals surface area contributed by atoms with Gasteiger partial charge in [0.1, 0.15) is 11.4 Å². The second kappa shape index (κ2) is 9.60. The van der Waals surface area contributed by atoms with E-state index in [-0.39, 0.29) is 17.8 Å². The highest BCUT2D eigenvalue weighted by Gasteiger charge is 2.48. The summed E-state index contributed by atoms with van der Waals surface area (Å²) in [6.07, 6.45) is 9.48. The molecule has 0 bridgehead atoms. The van der Waals surface area contributed by atoms with E-state index in [1.54, 1.807) is 13.2 Å². The molecule has 31 heavy (non-hydrogen) atoms. The largest absolute Gasteiger partial charge is 0.497 e. The molecule has 2 fully saturated rings. The lowest BCUT2D eigenvalue weighted by Crippen LogP contribution is -2.42. The maximum absolute atomic E-state index is 13.1. The van der Waals surface area contributed by atoms with Crippen molar-refractivity contribution in [3.8, 4) is 5.75 Å². The van der Waals surface area contributed by atoms with Gasteiger partial charge in [-0.2, -0.15) is 0 Å². The molecule has 6 nitrogen and oxygen atoms in total. The van der Waals surface area contributed by atoms with Crippen molar-refractivity contribution in [2.75, 3.05) is 40.3 Å². The van der Waals surface area contributed by atoms with Crippen LogP contribution in [0.25, 0.3) is 0 Å². The van der Waals surface area contributed by atoms with Gasteiger partial charge in [0, 0.05) is 31.6 Å². The highest BCUT2D eigenvalue weighted by Crippen LogP contribution is 2.49. The topological polar surface area (TPSA) is 59.1 Å². The summed E-state index contributed by atoms with van der Waals surface area (Å²) in [6.45, 7) is 4.07. The molecule has 1 saturated heterocycles. The molecule has 170 valence electrons. The Morgan fingerprint density at radius 1 is 1.16 bits per heavy atom. The van der Waals surface area contributed by atoms with Gasteiger partial charge in [-0.25, -0.2) is 4.79 Å². The lowest BCUT2D eigenvalue weighted by atomic mass is 9.74. The lowest BCUT2D eigenvalue weighted by Gasteiger charge is -2.37. The van der Waals surface area contributed by atoms with Crippen LogP contribution in [-0.4, -0.2) is 62.0 Å². The van der Waals surface area contributed by atoms with E-state index in [1.165, 1.54) is 32.1 Å². The van der Waals surface area contributed by atoms with Gasteiger partial charge in [0.25, 0.3) is 0 Å². The van der Waals surface area contributed by atoms with Crippen LogP contribution in [0.3, 0.4) is 0 Å². The molecular formula is C25H36N2O4. The summed E-state index contributed by atoms with van der Waals surface area (Å²) in [5.41, 5.74) is 0.989. The molecule has 4 rings (SSSR count). The van der Waals surface area contributed by atoms with E-state index < -0.39 is 5.60 Å². The zero-order valence-corrected chi connectivity index (χ0v) is 19.0. The number of hydrogen-bond acceptors (Lipinski definition) is 5. The molecule has 0 aromatic heterocycles. The smallest absolute Gasteiger partial charge is 0.339 e. The molecule has 6 heteroatoms. The number of methoxy groups -OCH3 is 1. The average Bonchev–Trinajstić information content (AvgIpc) is 3.03. The predicted octanol–water partition coefficient (Wildman–Crippen LogP) is 3.98. The molecule has 1 aliphatic carbocycles. The molecule has 1 amide bonds. The number of hydrogen-bond donors (Lipinski definition) is 0. The molecule has 1 aromatic rings. The van der Waals surface area contributed by atoms with Crippen molar-refractivity contribution in [3.63, 3.8) is 0 Å². The summed E-state index contributed by atoms with van der Waals surface area (Å²) in [6, 6.07) is 5.61. The van der Waals surface area contributed by atoms with E-state index in [9.17, 15) is 9.59 Å². The van der Waals surface area contributed by atoms with E-state index in [4.69, 9.17) is 9.47 Å². The van der Waals surface area contributed by atoms with Crippen LogP contribution in [0.5, 0.6) is 5.75 Å². The predicted molar refractivity (Wildman–Crippen MR) is 119 cm³/mol. The first-order valence-corrected chi connectivity index (χ1v) is 11.9. The van der Waals surface area contributed by atoms with Crippen molar-refractivity contribution >= 4 is 11.9 Å². The minimum atomic E-state index is -0.571. The third-order valence-corrected chi connectivity index (χ3v) is 7.44. The molecule has 0 N–H and O–H groups in total. The van der Waals surface area contributed by atoms with Gasteiger partial charge in [-0.3, -0.25) is 4.79 Å². The molecular weight excluding hydrogens is 392 g/mol. The monoisotopic (exact) mass is 428 g/mol. The quantitative estimate of drug-likeness (QED) is 0.664. The van der Waals surface area contributed by atoms with Crippen molar-refractivity contribution in [3.05, 3.63) is 29.3 Å². The number of amides is 1. The summed E-state index contributed by atoms with van der Waals surface area (Å²) in [5.74, 6) is 0.646. The van der Waals surface area contributed by atoms with E-state index in [1.807, 2.05) is 24.1 Å². The number of carbonyl (C=O) groups excluding carboxylic acids is 2. The molecule has 1 spiro atoms. The van der Waals surface area contributed by atoms with Crippen LogP contribution in [0.1, 0.15) is 73.7 Å². The lowest BCUT2D eigenvalue weighted by molar-refractivity contribution is -0.137. The summed E-state index contributed by atoms with van der Waals surface area (Å²) in [7, 11) is 3.53. The summed E-state index contributed by atoms with van der Waals surface area (Å²) < 4.78 is 11.1. The van der Waals surface area contributed by atoms with Crippen molar-refractivity contribution in [1.29, 1.82) is 0 Å². The van der Waals surface area contributed by atoms with E-state index in [0.717, 1.165) is 44.6 Å². The van der Waals surface area contributed by atoms with Gasteiger partial charge in [-0.1, -0.05) is 25.3 Å². The van der Waals surface area contributed by atoms with Crippen molar-refractivity contribution in [1.82, 2.24) is 9.80 Å². The number of rotatable bonds is 5. The van der Waals surface area contributed by atoms with Gasteiger partial charge >= 0.3 is 5.97 Å². The Kier molecular flexibility index (Phi) is 6.85. The molecule has 0 unspecified atom stereocenters. The molecule has 2 aliphatic heterocycles. The third kappa shape index (κ3) is 4.74. The number of esters is 1. The average molecular weight is 429 g/mol. The van der Waals surface area contributed by atoms with Gasteiger partial charge in [0.05, 0.1) is 12.7 Å². The highest BCUT2D eigenvalue weighted by molar-refractivity contribution is 5.95. The Morgan fingerprint density at radius 2 is 1.84 bits per heavy atom.